The van der Waals surface area contributed by atoms with E-state index in [1.807, 2.05) is 0 Å². The van der Waals surface area contributed by atoms with E-state index in [4.69, 9.17) is 9.63 Å². The summed E-state index contributed by atoms with van der Waals surface area (Å²) < 4.78 is 6.82. The highest BCUT2D eigenvalue weighted by molar-refractivity contribution is 5.88. The van der Waals surface area contributed by atoms with Crippen LogP contribution in [-0.2, 0) is 0 Å². The van der Waals surface area contributed by atoms with Crippen molar-refractivity contribution in [2.45, 2.75) is 25.7 Å². The van der Waals surface area contributed by atoms with Gasteiger partial charge in [0.1, 0.15) is 5.56 Å². The standard InChI is InChI=1S/C15H13N5O3/c1-8-11(15(21)22)7-17-20(8)13-10(3-2-6-16-13)14-18-12(19-23-14)9-4-5-9/h2-3,6-7,9H,4-5H2,1H3,(H,21,22). The van der Waals surface area contributed by atoms with Gasteiger partial charge in [-0.1, -0.05) is 5.16 Å². The van der Waals surface area contributed by atoms with E-state index in [9.17, 15) is 4.79 Å². The van der Waals surface area contributed by atoms with Crippen molar-refractivity contribution in [3.8, 4) is 17.3 Å². The van der Waals surface area contributed by atoms with E-state index < -0.39 is 5.97 Å². The summed E-state index contributed by atoms with van der Waals surface area (Å²) in [4.78, 5) is 19.9. The van der Waals surface area contributed by atoms with Gasteiger partial charge in [-0.05, 0) is 31.9 Å². The number of pyridine rings is 1. The first-order valence-corrected chi connectivity index (χ1v) is 7.22. The Kier molecular flexibility index (Phi) is 2.97. The van der Waals surface area contributed by atoms with E-state index in [2.05, 4.69) is 20.2 Å². The molecule has 0 radical (unpaired) electrons. The van der Waals surface area contributed by atoms with E-state index in [-0.39, 0.29) is 5.56 Å². The number of nitrogens with zero attached hydrogens (tertiary/aromatic N) is 5. The Morgan fingerprint density at radius 2 is 2.26 bits per heavy atom. The monoisotopic (exact) mass is 311 g/mol. The van der Waals surface area contributed by atoms with E-state index >= 15 is 0 Å². The fraction of sp³-hybridized carbons (Fsp3) is 0.267. The summed E-state index contributed by atoms with van der Waals surface area (Å²) in [5.74, 6) is 0.890. The fourth-order valence-electron chi connectivity index (χ4n) is 2.42. The molecule has 0 spiro atoms. The first kappa shape index (κ1) is 13.6. The van der Waals surface area contributed by atoms with Crippen molar-refractivity contribution in [3.63, 3.8) is 0 Å². The predicted molar refractivity (Wildman–Crippen MR) is 78.3 cm³/mol. The predicted octanol–water partition coefficient (Wildman–Crippen LogP) is 2.20. The van der Waals surface area contributed by atoms with Gasteiger partial charge in [-0.3, -0.25) is 0 Å². The van der Waals surface area contributed by atoms with Gasteiger partial charge in [0, 0.05) is 12.1 Å². The zero-order valence-corrected chi connectivity index (χ0v) is 12.3. The van der Waals surface area contributed by atoms with E-state index in [1.54, 1.807) is 25.3 Å². The third-order valence-corrected chi connectivity index (χ3v) is 3.84. The van der Waals surface area contributed by atoms with Gasteiger partial charge in [0.25, 0.3) is 5.89 Å². The molecule has 8 nitrogen and oxygen atoms in total. The Balaban J connectivity index is 1.81. The third-order valence-electron chi connectivity index (χ3n) is 3.84. The summed E-state index contributed by atoms with van der Waals surface area (Å²) in [6.45, 7) is 1.68. The van der Waals surface area contributed by atoms with Crippen LogP contribution in [-0.4, -0.2) is 36.0 Å². The molecular weight excluding hydrogens is 298 g/mol. The second kappa shape index (κ2) is 5.01. The van der Waals surface area contributed by atoms with Crippen LogP contribution in [0.1, 0.15) is 40.6 Å². The van der Waals surface area contributed by atoms with Crippen molar-refractivity contribution >= 4 is 5.97 Å². The van der Waals surface area contributed by atoms with Crippen molar-refractivity contribution in [3.05, 3.63) is 41.6 Å². The van der Waals surface area contributed by atoms with Gasteiger partial charge in [0.15, 0.2) is 11.6 Å². The maximum Gasteiger partial charge on any atom is 0.339 e. The highest BCUT2D eigenvalue weighted by atomic mass is 16.5. The van der Waals surface area contributed by atoms with E-state index in [1.165, 1.54) is 10.9 Å². The van der Waals surface area contributed by atoms with E-state index in [0.717, 1.165) is 12.8 Å². The Hall–Kier alpha value is -3.03. The molecule has 1 aliphatic rings. The number of carboxylic acid groups (broad SMARTS) is 1. The molecule has 0 aliphatic heterocycles. The van der Waals surface area contributed by atoms with Crippen LogP contribution in [0.25, 0.3) is 17.3 Å². The largest absolute Gasteiger partial charge is 0.478 e. The molecule has 3 heterocycles. The Bertz CT molecular complexity index is 894. The highest BCUT2D eigenvalue weighted by Crippen LogP contribution is 2.39. The number of carboxylic acids is 1. The van der Waals surface area contributed by atoms with E-state index in [0.29, 0.717) is 34.7 Å². The lowest BCUT2D eigenvalue weighted by Crippen LogP contribution is -2.06. The second-order valence-electron chi connectivity index (χ2n) is 5.47. The molecule has 3 aromatic heterocycles. The van der Waals surface area contributed by atoms with Crippen LogP contribution < -0.4 is 0 Å². The molecule has 1 aliphatic carbocycles. The van der Waals surface area contributed by atoms with Gasteiger partial charge in [-0.25, -0.2) is 14.5 Å². The first-order valence-electron chi connectivity index (χ1n) is 7.22. The normalized spacial score (nSPS) is 14.1. The van der Waals surface area contributed by atoms with Crippen LogP contribution >= 0.6 is 0 Å². The molecule has 1 saturated carbocycles. The van der Waals surface area contributed by atoms with Gasteiger partial charge in [-0.15, -0.1) is 0 Å². The topological polar surface area (TPSA) is 107 Å². The van der Waals surface area contributed by atoms with Gasteiger partial charge in [-0.2, -0.15) is 10.1 Å². The summed E-state index contributed by atoms with van der Waals surface area (Å²) in [5, 5.41) is 17.3. The molecule has 3 aromatic rings. The number of aromatic nitrogens is 5. The summed E-state index contributed by atoms with van der Waals surface area (Å²) in [7, 11) is 0. The summed E-state index contributed by atoms with van der Waals surface area (Å²) in [5.41, 5.74) is 1.24. The van der Waals surface area contributed by atoms with Crippen LogP contribution in [0, 0.1) is 6.92 Å². The average molecular weight is 311 g/mol. The number of rotatable bonds is 4. The van der Waals surface area contributed by atoms with Gasteiger partial charge in [0.2, 0.25) is 0 Å². The van der Waals surface area contributed by atoms with Crippen LogP contribution in [0.2, 0.25) is 0 Å². The SMILES string of the molecule is Cc1c(C(=O)O)cnn1-c1ncccc1-c1nc(C2CC2)no1. The zero-order chi connectivity index (χ0) is 16.0. The Labute approximate surface area is 130 Å². The second-order valence-corrected chi connectivity index (χ2v) is 5.47. The minimum atomic E-state index is -1.03. The van der Waals surface area contributed by atoms with Gasteiger partial charge in [0.05, 0.1) is 17.5 Å². The smallest absolute Gasteiger partial charge is 0.339 e. The molecule has 0 bridgehead atoms. The summed E-state index contributed by atoms with van der Waals surface area (Å²) in [6.07, 6.45) is 5.08. The Morgan fingerprint density at radius 3 is 2.96 bits per heavy atom. The molecule has 0 aromatic carbocycles. The number of aromatic carboxylic acids is 1. The number of carbonyl (C=O) groups is 1. The van der Waals surface area contributed by atoms with Gasteiger partial charge >= 0.3 is 5.97 Å². The summed E-state index contributed by atoms with van der Waals surface area (Å²) >= 11 is 0. The maximum atomic E-state index is 11.2. The quantitative estimate of drug-likeness (QED) is 0.787. The molecule has 4 rings (SSSR count). The minimum absolute atomic E-state index is 0.130. The molecule has 0 amide bonds. The Morgan fingerprint density at radius 1 is 1.43 bits per heavy atom. The van der Waals surface area contributed by atoms with Crippen molar-refractivity contribution < 1.29 is 14.4 Å². The third kappa shape index (κ3) is 2.28. The molecule has 116 valence electrons. The van der Waals surface area contributed by atoms with Crippen LogP contribution in [0.5, 0.6) is 0 Å². The molecular formula is C15H13N5O3. The van der Waals surface area contributed by atoms with Crippen molar-refractivity contribution in [1.82, 2.24) is 24.9 Å². The first-order chi connectivity index (χ1) is 11.1. The number of hydrogen-bond acceptors (Lipinski definition) is 6. The lowest BCUT2D eigenvalue weighted by molar-refractivity contribution is 0.0696. The average Bonchev–Trinajstić information content (AvgIpc) is 3.15. The van der Waals surface area contributed by atoms with Crippen molar-refractivity contribution in [2.24, 2.45) is 0 Å². The molecule has 23 heavy (non-hydrogen) atoms. The fourth-order valence-corrected chi connectivity index (χ4v) is 2.42. The van der Waals surface area contributed by atoms with Gasteiger partial charge < -0.3 is 9.63 Å². The molecule has 8 heteroatoms. The molecule has 0 unspecified atom stereocenters. The molecule has 1 fully saturated rings. The number of hydrogen-bond donors (Lipinski definition) is 1. The van der Waals surface area contributed by atoms with Crippen molar-refractivity contribution in [1.29, 1.82) is 0 Å². The summed E-state index contributed by atoms with van der Waals surface area (Å²) in [6, 6.07) is 3.56. The molecule has 1 N–H and O–H groups in total. The van der Waals surface area contributed by atoms with Crippen LogP contribution in [0.15, 0.2) is 29.0 Å². The lowest BCUT2D eigenvalue weighted by atomic mass is 10.2. The highest BCUT2D eigenvalue weighted by Gasteiger charge is 2.29. The molecule has 0 saturated heterocycles. The van der Waals surface area contributed by atoms with Crippen molar-refractivity contribution in [2.75, 3.05) is 0 Å². The maximum absolute atomic E-state index is 11.2. The molecule has 0 atom stereocenters. The van der Waals surface area contributed by atoms with Crippen LogP contribution in [0.3, 0.4) is 0 Å². The zero-order valence-electron chi connectivity index (χ0n) is 12.3. The lowest BCUT2D eigenvalue weighted by Gasteiger charge is -2.07. The minimum Gasteiger partial charge on any atom is -0.478 e. The van der Waals surface area contributed by atoms with Crippen LogP contribution in [0.4, 0.5) is 0 Å².